The molecule has 4 N–H and O–H groups in total. The van der Waals surface area contributed by atoms with E-state index in [9.17, 15) is 14.4 Å². The zero-order chi connectivity index (χ0) is 15.4. The first kappa shape index (κ1) is 14.8. The van der Waals surface area contributed by atoms with Crippen LogP contribution in [0.5, 0.6) is 0 Å². The Balaban J connectivity index is 1.94. The van der Waals surface area contributed by atoms with Crippen LogP contribution in [0.4, 0.5) is 16.2 Å². The lowest BCUT2D eigenvalue weighted by molar-refractivity contribution is -0.130. The van der Waals surface area contributed by atoms with Gasteiger partial charge in [-0.15, -0.1) is 0 Å². The number of carbonyl (C=O) groups excluding carboxylic acids is 3. The Labute approximate surface area is 122 Å². The van der Waals surface area contributed by atoms with Gasteiger partial charge in [0.15, 0.2) is 0 Å². The lowest BCUT2D eigenvalue weighted by Gasteiger charge is -2.13. The molecule has 7 nitrogen and oxygen atoms in total. The predicted molar refractivity (Wildman–Crippen MR) is 78.4 cm³/mol. The molecule has 0 aliphatic carbocycles. The summed E-state index contributed by atoms with van der Waals surface area (Å²) < 4.78 is 0. The number of nitrogen functional groups attached to an aromatic ring is 1. The number of hydrogen-bond acceptors (Lipinski definition) is 4. The Bertz CT molecular complexity index is 556. The summed E-state index contributed by atoms with van der Waals surface area (Å²) in [4.78, 5) is 36.5. The highest BCUT2D eigenvalue weighted by Gasteiger charge is 2.38. The molecule has 1 atom stereocenters. The third kappa shape index (κ3) is 3.50. The topological polar surface area (TPSA) is 105 Å². The molecule has 0 saturated carbocycles. The maximum absolute atomic E-state index is 12.0. The van der Waals surface area contributed by atoms with Crippen molar-refractivity contribution >= 4 is 29.2 Å². The molecule has 1 aliphatic heterocycles. The van der Waals surface area contributed by atoms with Gasteiger partial charge in [0.05, 0.1) is 0 Å². The second kappa shape index (κ2) is 6.25. The van der Waals surface area contributed by atoms with Crippen molar-refractivity contribution in [2.45, 2.75) is 25.8 Å². The van der Waals surface area contributed by atoms with Crippen molar-refractivity contribution in [2.75, 3.05) is 17.6 Å². The van der Waals surface area contributed by atoms with Crippen LogP contribution in [0.25, 0.3) is 0 Å². The van der Waals surface area contributed by atoms with Gasteiger partial charge >= 0.3 is 6.03 Å². The third-order valence-corrected chi connectivity index (χ3v) is 3.18. The van der Waals surface area contributed by atoms with E-state index < -0.39 is 18.0 Å². The fourth-order valence-corrected chi connectivity index (χ4v) is 2.12. The maximum atomic E-state index is 12.0. The minimum atomic E-state index is -0.522. The Morgan fingerprint density at radius 1 is 1.33 bits per heavy atom. The molecule has 1 unspecified atom stereocenters. The maximum Gasteiger partial charge on any atom is 0.325 e. The highest BCUT2D eigenvalue weighted by Crippen LogP contribution is 2.13. The van der Waals surface area contributed by atoms with Crippen molar-refractivity contribution in [3.8, 4) is 0 Å². The monoisotopic (exact) mass is 290 g/mol. The van der Waals surface area contributed by atoms with Crippen LogP contribution in [0.2, 0.25) is 0 Å². The van der Waals surface area contributed by atoms with Crippen molar-refractivity contribution in [2.24, 2.45) is 0 Å². The van der Waals surface area contributed by atoms with E-state index in [1.54, 1.807) is 24.3 Å². The van der Waals surface area contributed by atoms with Gasteiger partial charge in [0, 0.05) is 11.4 Å². The van der Waals surface area contributed by atoms with Crippen molar-refractivity contribution in [3.63, 3.8) is 0 Å². The summed E-state index contributed by atoms with van der Waals surface area (Å²) in [5.74, 6) is -0.783. The van der Waals surface area contributed by atoms with Gasteiger partial charge in [-0.2, -0.15) is 0 Å². The van der Waals surface area contributed by atoms with Gasteiger partial charge in [0.25, 0.3) is 5.91 Å². The summed E-state index contributed by atoms with van der Waals surface area (Å²) in [6, 6.07) is 5.57. The molecule has 1 fully saturated rings. The molecule has 1 aliphatic rings. The van der Waals surface area contributed by atoms with Crippen molar-refractivity contribution in [1.82, 2.24) is 10.2 Å². The number of hydrogen-bond donors (Lipinski definition) is 3. The van der Waals surface area contributed by atoms with Gasteiger partial charge in [0.1, 0.15) is 12.6 Å². The number of imide groups is 1. The van der Waals surface area contributed by atoms with Crippen LogP contribution in [-0.4, -0.2) is 35.3 Å². The van der Waals surface area contributed by atoms with Crippen LogP contribution in [0.1, 0.15) is 19.8 Å². The van der Waals surface area contributed by atoms with E-state index in [-0.39, 0.29) is 12.5 Å². The smallest absolute Gasteiger partial charge is 0.325 e. The number of nitrogens with one attached hydrogen (secondary N) is 2. The van der Waals surface area contributed by atoms with Gasteiger partial charge in [0.2, 0.25) is 5.91 Å². The SMILES string of the molecule is CCCC1NC(=O)N(CC(=O)Nc2ccc(N)cc2)C1=O. The first-order chi connectivity index (χ1) is 10.0. The lowest BCUT2D eigenvalue weighted by atomic mass is 10.2. The predicted octanol–water partition coefficient (Wildman–Crippen LogP) is 0.928. The lowest BCUT2D eigenvalue weighted by Crippen LogP contribution is -2.38. The quantitative estimate of drug-likeness (QED) is 0.554. The molecule has 7 heteroatoms. The summed E-state index contributed by atoms with van der Waals surface area (Å²) >= 11 is 0. The fraction of sp³-hybridized carbons (Fsp3) is 0.357. The third-order valence-electron chi connectivity index (χ3n) is 3.18. The molecule has 0 radical (unpaired) electrons. The molecule has 21 heavy (non-hydrogen) atoms. The molecule has 0 spiro atoms. The summed E-state index contributed by atoms with van der Waals surface area (Å²) in [7, 11) is 0. The molecule has 0 bridgehead atoms. The number of nitrogens with zero attached hydrogens (tertiary/aromatic N) is 1. The zero-order valence-corrected chi connectivity index (χ0v) is 11.8. The highest BCUT2D eigenvalue weighted by atomic mass is 16.2. The second-order valence-corrected chi connectivity index (χ2v) is 4.89. The van der Waals surface area contributed by atoms with E-state index in [1.807, 2.05) is 6.92 Å². The molecule has 1 heterocycles. The van der Waals surface area contributed by atoms with Crippen LogP contribution in [0, 0.1) is 0 Å². The molecule has 4 amide bonds. The van der Waals surface area contributed by atoms with Crippen molar-refractivity contribution in [1.29, 1.82) is 0 Å². The van der Waals surface area contributed by atoms with Crippen LogP contribution in [0.15, 0.2) is 24.3 Å². The minimum Gasteiger partial charge on any atom is -0.399 e. The molecule has 1 saturated heterocycles. The van der Waals surface area contributed by atoms with Crippen LogP contribution < -0.4 is 16.4 Å². The largest absolute Gasteiger partial charge is 0.399 e. The zero-order valence-electron chi connectivity index (χ0n) is 11.8. The van der Waals surface area contributed by atoms with Gasteiger partial charge in [-0.1, -0.05) is 13.3 Å². The molecule has 0 aromatic heterocycles. The number of urea groups is 1. The van der Waals surface area contributed by atoms with Gasteiger partial charge in [-0.3, -0.25) is 14.5 Å². The standard InChI is InChI=1S/C14H18N4O3/c1-2-3-11-13(20)18(14(21)17-11)8-12(19)16-10-6-4-9(15)5-7-10/h4-7,11H,2-3,8,15H2,1H3,(H,16,19)(H,17,21). The van der Waals surface area contributed by atoms with Gasteiger partial charge in [-0.05, 0) is 30.7 Å². The summed E-state index contributed by atoms with van der Waals surface area (Å²) in [5.41, 5.74) is 6.70. The number of carbonyl (C=O) groups is 3. The number of amides is 4. The number of anilines is 2. The van der Waals surface area contributed by atoms with Crippen LogP contribution in [0.3, 0.4) is 0 Å². The minimum absolute atomic E-state index is 0.296. The first-order valence-corrected chi connectivity index (χ1v) is 6.78. The molecule has 1 aromatic carbocycles. The average molecular weight is 290 g/mol. The van der Waals surface area contributed by atoms with E-state index in [0.717, 1.165) is 11.3 Å². The fourth-order valence-electron chi connectivity index (χ4n) is 2.12. The first-order valence-electron chi connectivity index (χ1n) is 6.78. The summed E-state index contributed by atoms with van der Waals surface area (Å²) in [6.07, 6.45) is 1.35. The van der Waals surface area contributed by atoms with E-state index in [0.29, 0.717) is 17.8 Å². The highest BCUT2D eigenvalue weighted by molar-refractivity contribution is 6.07. The summed E-state index contributed by atoms with van der Waals surface area (Å²) in [5, 5.41) is 5.19. The Morgan fingerprint density at radius 3 is 2.62 bits per heavy atom. The molecule has 2 rings (SSSR count). The average Bonchev–Trinajstić information content (AvgIpc) is 2.70. The Morgan fingerprint density at radius 2 is 2.00 bits per heavy atom. The number of rotatable bonds is 5. The normalized spacial score (nSPS) is 17.8. The molecular weight excluding hydrogens is 272 g/mol. The van der Waals surface area contributed by atoms with E-state index in [1.165, 1.54) is 0 Å². The Kier molecular flexibility index (Phi) is 4.42. The Hall–Kier alpha value is -2.57. The molecule has 1 aromatic rings. The van der Waals surface area contributed by atoms with E-state index in [4.69, 9.17) is 5.73 Å². The van der Waals surface area contributed by atoms with Crippen molar-refractivity contribution < 1.29 is 14.4 Å². The van der Waals surface area contributed by atoms with Crippen LogP contribution in [-0.2, 0) is 9.59 Å². The molecular formula is C14H18N4O3. The van der Waals surface area contributed by atoms with E-state index >= 15 is 0 Å². The molecule has 112 valence electrons. The summed E-state index contributed by atoms with van der Waals surface area (Å²) in [6.45, 7) is 1.63. The van der Waals surface area contributed by atoms with Crippen molar-refractivity contribution in [3.05, 3.63) is 24.3 Å². The van der Waals surface area contributed by atoms with Gasteiger partial charge in [-0.25, -0.2) is 4.79 Å². The second-order valence-electron chi connectivity index (χ2n) is 4.89. The van der Waals surface area contributed by atoms with E-state index in [2.05, 4.69) is 10.6 Å². The number of benzene rings is 1. The van der Waals surface area contributed by atoms with Gasteiger partial charge < -0.3 is 16.4 Å². The number of nitrogens with two attached hydrogens (primary N) is 1. The van der Waals surface area contributed by atoms with Crippen LogP contribution >= 0.6 is 0 Å².